The Kier molecular flexibility index (Phi) is 4.09. The topological polar surface area (TPSA) is 36.7 Å². The second-order valence-electron chi connectivity index (χ2n) is 3.93. The molecule has 0 spiro atoms. The molecule has 1 aromatic heterocycles. The Morgan fingerprint density at radius 2 is 1.52 bits per heavy atom. The third kappa shape index (κ3) is 2.54. The average molecular weight is 319 g/mol. The average Bonchev–Trinajstić information content (AvgIpc) is 2.46. The van der Waals surface area contributed by atoms with Crippen molar-refractivity contribution in [3.05, 3.63) is 52.1 Å². The van der Waals surface area contributed by atoms with Crippen LogP contribution in [0.1, 0.15) is 5.69 Å². The van der Waals surface area contributed by atoms with Crippen LogP contribution in [0.2, 0.25) is 5.02 Å². The lowest BCUT2D eigenvalue weighted by atomic mass is 10.0. The molecule has 2 nitrogen and oxygen atoms in total. The zero-order valence-electron chi connectivity index (χ0n) is 10.0. The first-order valence-corrected chi connectivity index (χ1v) is 5.79. The molecule has 1 heterocycles. The largest absolute Gasteiger partial charge is 0.258 e. The maximum Gasteiger partial charge on any atom is 0.200 e. The molecule has 0 radical (unpaired) electrons. The number of hydrogen-bond acceptors (Lipinski definition) is 2. The van der Waals surface area contributed by atoms with Gasteiger partial charge in [-0.15, -0.1) is 0 Å². The van der Waals surface area contributed by atoms with Gasteiger partial charge in [0.25, 0.3) is 0 Å². The van der Waals surface area contributed by atoms with E-state index in [0.29, 0.717) is 0 Å². The van der Waals surface area contributed by atoms with Crippen LogP contribution in [0.5, 0.6) is 0 Å². The summed E-state index contributed by atoms with van der Waals surface area (Å²) in [7, 11) is 0. The van der Waals surface area contributed by atoms with Gasteiger partial charge in [0.05, 0.1) is 28.8 Å². The predicted octanol–water partition coefficient (Wildman–Crippen LogP) is 4.16. The van der Waals surface area contributed by atoms with E-state index in [4.69, 9.17) is 16.9 Å². The van der Waals surface area contributed by atoms with Crippen molar-refractivity contribution in [1.29, 1.82) is 5.26 Å². The van der Waals surface area contributed by atoms with Crippen molar-refractivity contribution < 1.29 is 22.0 Å². The summed E-state index contributed by atoms with van der Waals surface area (Å²) in [6.07, 6.45) is 0.718. The normalized spacial score (nSPS) is 10.5. The van der Waals surface area contributed by atoms with E-state index in [2.05, 4.69) is 4.98 Å². The van der Waals surface area contributed by atoms with Crippen molar-refractivity contribution in [2.75, 3.05) is 0 Å². The molecule has 0 saturated heterocycles. The van der Waals surface area contributed by atoms with Crippen LogP contribution in [0, 0.1) is 40.4 Å². The van der Waals surface area contributed by atoms with Crippen molar-refractivity contribution >= 4 is 11.6 Å². The molecule has 1 aromatic carbocycles. The lowest BCUT2D eigenvalue weighted by Crippen LogP contribution is -2.06. The van der Waals surface area contributed by atoms with Crippen LogP contribution in [0.25, 0.3) is 11.1 Å². The molecule has 2 rings (SSSR count). The zero-order chi connectivity index (χ0) is 15.7. The molecule has 8 heteroatoms. The minimum atomic E-state index is -2.26. The van der Waals surface area contributed by atoms with Crippen LogP contribution < -0.4 is 0 Å². The van der Waals surface area contributed by atoms with Gasteiger partial charge in [0.2, 0.25) is 5.82 Å². The number of nitrogens with zero attached hydrogens (tertiary/aromatic N) is 2. The molecule has 108 valence electrons. The summed E-state index contributed by atoms with van der Waals surface area (Å²) in [5, 5.41) is 8.56. The van der Waals surface area contributed by atoms with Gasteiger partial charge in [-0.3, -0.25) is 4.98 Å². The molecule has 0 N–H and O–H groups in total. The first-order chi connectivity index (χ1) is 9.88. The van der Waals surface area contributed by atoms with Gasteiger partial charge in [-0.1, -0.05) is 11.6 Å². The van der Waals surface area contributed by atoms with Crippen LogP contribution in [-0.2, 0) is 6.42 Å². The number of benzene rings is 1. The Labute approximate surface area is 120 Å². The number of rotatable bonds is 2. The second kappa shape index (κ2) is 5.66. The third-order valence-corrected chi connectivity index (χ3v) is 2.87. The van der Waals surface area contributed by atoms with Crippen molar-refractivity contribution in [1.82, 2.24) is 4.98 Å². The molecule has 0 aliphatic heterocycles. The molecule has 0 amide bonds. The molecule has 2 aromatic rings. The number of nitriles is 1. The van der Waals surface area contributed by atoms with Crippen LogP contribution in [0.3, 0.4) is 0 Å². The number of hydrogen-bond donors (Lipinski definition) is 0. The Morgan fingerprint density at radius 1 is 1.00 bits per heavy atom. The fourth-order valence-electron chi connectivity index (χ4n) is 1.74. The number of halogens is 6. The zero-order valence-corrected chi connectivity index (χ0v) is 10.8. The first-order valence-electron chi connectivity index (χ1n) is 5.41. The number of pyridine rings is 1. The highest BCUT2D eigenvalue weighted by molar-refractivity contribution is 6.30. The van der Waals surface area contributed by atoms with E-state index < -0.39 is 40.2 Å². The van der Waals surface area contributed by atoms with Gasteiger partial charge in [0, 0.05) is 11.8 Å². The molecule has 0 aliphatic rings. The summed E-state index contributed by atoms with van der Waals surface area (Å²) in [5.41, 5.74) is -1.73. The van der Waals surface area contributed by atoms with Crippen LogP contribution in [0.15, 0.2) is 12.3 Å². The molecule has 0 saturated carbocycles. The van der Waals surface area contributed by atoms with Crippen molar-refractivity contribution in [2.45, 2.75) is 6.42 Å². The first kappa shape index (κ1) is 15.2. The second-order valence-corrected chi connectivity index (χ2v) is 4.36. The standard InChI is InChI=1S/C13H4ClF5N2/c14-5-3-6(7(1-2-20)21-4-5)8-9(15)11(17)13(19)12(18)10(8)16/h3-4H,1H2. The summed E-state index contributed by atoms with van der Waals surface area (Å²) in [5.74, 6) is -10.4. The molecule has 0 bridgehead atoms. The summed E-state index contributed by atoms with van der Waals surface area (Å²) >= 11 is 5.63. The molecule has 0 aliphatic carbocycles. The fourth-order valence-corrected chi connectivity index (χ4v) is 1.90. The lowest BCUT2D eigenvalue weighted by Gasteiger charge is -2.11. The minimum Gasteiger partial charge on any atom is -0.258 e. The highest BCUT2D eigenvalue weighted by atomic mass is 35.5. The Bertz CT molecular complexity index is 741. The summed E-state index contributed by atoms with van der Waals surface area (Å²) in [6, 6.07) is 2.67. The Morgan fingerprint density at radius 3 is 2.05 bits per heavy atom. The molecule has 0 unspecified atom stereocenters. The van der Waals surface area contributed by atoms with E-state index in [-0.39, 0.29) is 17.1 Å². The van der Waals surface area contributed by atoms with Crippen molar-refractivity contribution in [3.8, 4) is 17.2 Å². The van der Waals surface area contributed by atoms with Crippen molar-refractivity contribution in [3.63, 3.8) is 0 Å². The fraction of sp³-hybridized carbons (Fsp3) is 0.0769. The molecule has 21 heavy (non-hydrogen) atoms. The van der Waals surface area contributed by atoms with E-state index in [9.17, 15) is 22.0 Å². The maximum atomic E-state index is 13.8. The van der Waals surface area contributed by atoms with E-state index in [0.717, 1.165) is 12.3 Å². The van der Waals surface area contributed by atoms with Gasteiger partial charge in [0.1, 0.15) is 0 Å². The summed E-state index contributed by atoms with van der Waals surface area (Å²) < 4.78 is 67.0. The highest BCUT2D eigenvalue weighted by Crippen LogP contribution is 2.34. The van der Waals surface area contributed by atoms with E-state index in [1.165, 1.54) is 0 Å². The van der Waals surface area contributed by atoms with E-state index in [1.54, 1.807) is 6.07 Å². The monoisotopic (exact) mass is 318 g/mol. The van der Waals surface area contributed by atoms with Gasteiger partial charge in [0.15, 0.2) is 23.3 Å². The van der Waals surface area contributed by atoms with Gasteiger partial charge in [-0.2, -0.15) is 5.26 Å². The molecule has 0 fully saturated rings. The highest BCUT2D eigenvalue weighted by Gasteiger charge is 2.28. The minimum absolute atomic E-state index is 0.0735. The smallest absolute Gasteiger partial charge is 0.200 e. The van der Waals surface area contributed by atoms with Crippen LogP contribution >= 0.6 is 11.6 Å². The van der Waals surface area contributed by atoms with Crippen molar-refractivity contribution in [2.24, 2.45) is 0 Å². The maximum absolute atomic E-state index is 13.8. The van der Waals surface area contributed by atoms with Gasteiger partial charge < -0.3 is 0 Å². The van der Waals surface area contributed by atoms with E-state index >= 15 is 0 Å². The van der Waals surface area contributed by atoms with Gasteiger partial charge in [-0.25, -0.2) is 22.0 Å². The summed E-state index contributed by atoms with van der Waals surface area (Å²) in [6.45, 7) is 0. The van der Waals surface area contributed by atoms with Crippen LogP contribution in [-0.4, -0.2) is 4.98 Å². The SMILES string of the molecule is N#CCc1ncc(Cl)cc1-c1c(F)c(F)c(F)c(F)c1F. The van der Waals surface area contributed by atoms with Gasteiger partial charge in [-0.05, 0) is 6.07 Å². The summed E-state index contributed by atoms with van der Waals surface area (Å²) in [4.78, 5) is 3.68. The van der Waals surface area contributed by atoms with Crippen LogP contribution in [0.4, 0.5) is 22.0 Å². The molecule has 0 atom stereocenters. The predicted molar refractivity (Wildman–Crippen MR) is 63.8 cm³/mol. The third-order valence-electron chi connectivity index (χ3n) is 2.66. The Balaban J connectivity index is 2.85. The van der Waals surface area contributed by atoms with E-state index in [1.807, 2.05) is 0 Å². The van der Waals surface area contributed by atoms with Gasteiger partial charge >= 0.3 is 0 Å². The number of aromatic nitrogens is 1. The lowest BCUT2D eigenvalue weighted by molar-refractivity contribution is 0.381. The quantitative estimate of drug-likeness (QED) is 0.473. The molecular formula is C13H4ClF5N2. The Hall–Kier alpha value is -2.20. The molecular weight excluding hydrogens is 315 g/mol.